The Kier molecular flexibility index (Phi) is 6.18. The molecule has 0 radical (unpaired) electrons. The van der Waals surface area contributed by atoms with Crippen LogP contribution in [0.2, 0.25) is 0 Å². The SMILES string of the molecule is COC(=O)c1nc(-c2ccc3c(c2)N(C(=O)OC(C)(C)C)CCC3)ccc1-c1ccccc1. The molecule has 33 heavy (non-hydrogen) atoms. The number of ether oxygens (including phenoxy) is 2. The van der Waals surface area contributed by atoms with Crippen molar-refractivity contribution in [3.63, 3.8) is 0 Å². The fourth-order valence-electron chi connectivity index (χ4n) is 3.96. The third-order valence-corrected chi connectivity index (χ3v) is 5.47. The zero-order chi connectivity index (χ0) is 23.6. The molecule has 6 nitrogen and oxygen atoms in total. The summed E-state index contributed by atoms with van der Waals surface area (Å²) in [5.74, 6) is -0.496. The van der Waals surface area contributed by atoms with Crippen molar-refractivity contribution in [1.29, 1.82) is 0 Å². The number of amides is 1. The van der Waals surface area contributed by atoms with Gasteiger partial charge in [0.05, 0.1) is 18.5 Å². The quantitative estimate of drug-likeness (QED) is 0.471. The van der Waals surface area contributed by atoms with Gasteiger partial charge in [0.15, 0.2) is 5.69 Å². The van der Waals surface area contributed by atoms with Gasteiger partial charge in [0.2, 0.25) is 0 Å². The number of rotatable bonds is 3. The number of aryl methyl sites for hydroxylation is 1. The van der Waals surface area contributed by atoms with Crippen molar-refractivity contribution in [2.24, 2.45) is 0 Å². The van der Waals surface area contributed by atoms with Gasteiger partial charge in [0.25, 0.3) is 0 Å². The minimum Gasteiger partial charge on any atom is -0.464 e. The highest BCUT2D eigenvalue weighted by Crippen LogP contribution is 2.34. The van der Waals surface area contributed by atoms with Gasteiger partial charge in [-0.05, 0) is 62.9 Å². The summed E-state index contributed by atoms with van der Waals surface area (Å²) in [6.07, 6.45) is 1.41. The first kappa shape index (κ1) is 22.5. The lowest BCUT2D eigenvalue weighted by Gasteiger charge is -2.32. The maximum Gasteiger partial charge on any atom is 0.414 e. The summed E-state index contributed by atoms with van der Waals surface area (Å²) in [5, 5.41) is 0. The lowest BCUT2D eigenvalue weighted by atomic mass is 9.97. The lowest BCUT2D eigenvalue weighted by Crippen LogP contribution is -2.39. The van der Waals surface area contributed by atoms with Crippen LogP contribution in [0.4, 0.5) is 10.5 Å². The minimum absolute atomic E-state index is 0.253. The molecule has 2 heterocycles. The minimum atomic E-state index is -0.573. The fourth-order valence-corrected chi connectivity index (χ4v) is 3.96. The van der Waals surface area contributed by atoms with Gasteiger partial charge in [-0.15, -0.1) is 0 Å². The van der Waals surface area contributed by atoms with Crippen LogP contribution in [0.5, 0.6) is 0 Å². The first-order valence-corrected chi connectivity index (χ1v) is 11.1. The first-order chi connectivity index (χ1) is 15.8. The summed E-state index contributed by atoms with van der Waals surface area (Å²) in [6.45, 7) is 6.18. The molecular formula is C27H28N2O4. The number of carbonyl (C=O) groups is 2. The Balaban J connectivity index is 1.75. The summed E-state index contributed by atoms with van der Waals surface area (Å²) in [4.78, 5) is 31.7. The van der Waals surface area contributed by atoms with E-state index in [1.165, 1.54) is 7.11 Å². The number of esters is 1. The van der Waals surface area contributed by atoms with Gasteiger partial charge < -0.3 is 9.47 Å². The average molecular weight is 445 g/mol. The molecule has 0 unspecified atom stereocenters. The summed E-state index contributed by atoms with van der Waals surface area (Å²) < 4.78 is 10.6. The van der Waals surface area contributed by atoms with E-state index in [4.69, 9.17) is 9.47 Å². The lowest BCUT2D eigenvalue weighted by molar-refractivity contribution is 0.0573. The molecule has 1 aliphatic heterocycles. The number of anilines is 1. The summed E-state index contributed by atoms with van der Waals surface area (Å²) in [7, 11) is 1.35. The number of hydrogen-bond donors (Lipinski definition) is 0. The third kappa shape index (κ3) is 4.90. The van der Waals surface area contributed by atoms with Gasteiger partial charge in [-0.3, -0.25) is 4.90 Å². The molecule has 170 valence electrons. The van der Waals surface area contributed by atoms with Crippen LogP contribution in [0.1, 0.15) is 43.2 Å². The van der Waals surface area contributed by atoms with Crippen molar-refractivity contribution >= 4 is 17.7 Å². The van der Waals surface area contributed by atoms with Crippen LogP contribution in [0, 0.1) is 0 Å². The number of hydrogen-bond acceptors (Lipinski definition) is 5. The number of methoxy groups -OCH3 is 1. The smallest absolute Gasteiger partial charge is 0.414 e. The number of aromatic nitrogens is 1. The van der Waals surface area contributed by atoms with Crippen LogP contribution in [-0.2, 0) is 15.9 Å². The molecule has 1 aliphatic rings. The summed E-state index contributed by atoms with van der Waals surface area (Å²) in [6, 6.07) is 19.3. The van der Waals surface area contributed by atoms with Crippen molar-refractivity contribution in [3.8, 4) is 22.4 Å². The monoisotopic (exact) mass is 444 g/mol. The Morgan fingerprint density at radius 3 is 2.42 bits per heavy atom. The molecular weight excluding hydrogens is 416 g/mol. The topological polar surface area (TPSA) is 68.7 Å². The molecule has 0 saturated heterocycles. The van der Waals surface area contributed by atoms with Crippen molar-refractivity contribution in [2.45, 2.75) is 39.2 Å². The van der Waals surface area contributed by atoms with Gasteiger partial charge in [0, 0.05) is 17.7 Å². The fraction of sp³-hybridized carbons (Fsp3) is 0.296. The molecule has 0 bridgehead atoms. The molecule has 0 fully saturated rings. The summed E-state index contributed by atoms with van der Waals surface area (Å²) >= 11 is 0. The van der Waals surface area contributed by atoms with Gasteiger partial charge >= 0.3 is 12.1 Å². The summed E-state index contributed by atoms with van der Waals surface area (Å²) in [5.41, 5.74) is 4.63. The molecule has 0 spiro atoms. The van der Waals surface area contributed by atoms with Crippen LogP contribution in [0.3, 0.4) is 0 Å². The number of nitrogens with zero attached hydrogens (tertiary/aromatic N) is 2. The Labute approximate surface area is 194 Å². The Morgan fingerprint density at radius 2 is 1.73 bits per heavy atom. The van der Waals surface area contributed by atoms with E-state index in [1.54, 1.807) is 4.90 Å². The van der Waals surface area contributed by atoms with Crippen LogP contribution in [0.15, 0.2) is 60.7 Å². The normalized spacial score (nSPS) is 13.3. The van der Waals surface area contributed by atoms with Gasteiger partial charge in [-0.1, -0.05) is 42.5 Å². The van der Waals surface area contributed by atoms with Gasteiger partial charge in [-0.2, -0.15) is 0 Å². The molecule has 0 saturated carbocycles. The number of pyridine rings is 1. The van der Waals surface area contributed by atoms with E-state index in [-0.39, 0.29) is 11.8 Å². The van der Waals surface area contributed by atoms with E-state index in [9.17, 15) is 9.59 Å². The van der Waals surface area contributed by atoms with Crippen molar-refractivity contribution in [1.82, 2.24) is 4.98 Å². The molecule has 4 rings (SSSR count). The number of benzene rings is 2. The molecule has 6 heteroatoms. The van der Waals surface area contributed by atoms with E-state index in [1.807, 2.05) is 81.4 Å². The first-order valence-electron chi connectivity index (χ1n) is 11.1. The molecule has 0 N–H and O–H groups in total. The highest BCUT2D eigenvalue weighted by Gasteiger charge is 2.28. The van der Waals surface area contributed by atoms with E-state index < -0.39 is 11.6 Å². The maximum absolute atomic E-state index is 12.8. The van der Waals surface area contributed by atoms with E-state index in [0.29, 0.717) is 17.8 Å². The second-order valence-corrected chi connectivity index (χ2v) is 9.03. The second kappa shape index (κ2) is 9.06. The van der Waals surface area contributed by atoms with Gasteiger partial charge in [0.1, 0.15) is 5.60 Å². The van der Waals surface area contributed by atoms with Crippen LogP contribution < -0.4 is 4.90 Å². The molecule has 0 aliphatic carbocycles. The standard InChI is InChI=1S/C27H28N2O4/c1-27(2,3)33-26(31)29-16-8-11-19-12-13-20(17-23(19)29)22-15-14-21(18-9-6-5-7-10-18)24(28-22)25(30)32-4/h5-7,9-10,12-15,17H,8,11,16H2,1-4H3. The predicted octanol–water partition coefficient (Wildman–Crippen LogP) is 5.89. The van der Waals surface area contributed by atoms with E-state index in [0.717, 1.165) is 35.2 Å². The second-order valence-electron chi connectivity index (χ2n) is 9.03. The third-order valence-electron chi connectivity index (χ3n) is 5.47. The zero-order valence-corrected chi connectivity index (χ0v) is 19.4. The highest BCUT2D eigenvalue weighted by atomic mass is 16.6. The average Bonchev–Trinajstić information content (AvgIpc) is 2.82. The van der Waals surface area contributed by atoms with Crippen LogP contribution >= 0.6 is 0 Å². The zero-order valence-electron chi connectivity index (χ0n) is 19.4. The molecule has 2 aromatic carbocycles. The predicted molar refractivity (Wildman–Crippen MR) is 128 cm³/mol. The highest BCUT2D eigenvalue weighted by molar-refractivity contribution is 5.96. The molecule has 1 aromatic heterocycles. The molecule has 0 atom stereocenters. The van der Waals surface area contributed by atoms with Crippen molar-refractivity contribution < 1.29 is 19.1 Å². The number of fused-ring (bicyclic) bond motifs is 1. The molecule has 3 aromatic rings. The molecule has 1 amide bonds. The van der Waals surface area contributed by atoms with E-state index >= 15 is 0 Å². The maximum atomic E-state index is 12.8. The largest absolute Gasteiger partial charge is 0.464 e. The van der Waals surface area contributed by atoms with Crippen molar-refractivity contribution in [2.75, 3.05) is 18.6 Å². The Hall–Kier alpha value is -3.67. The van der Waals surface area contributed by atoms with Crippen molar-refractivity contribution in [3.05, 3.63) is 71.9 Å². The number of carbonyl (C=O) groups excluding carboxylic acids is 2. The Morgan fingerprint density at radius 1 is 0.970 bits per heavy atom. The van der Waals surface area contributed by atoms with Gasteiger partial charge in [-0.25, -0.2) is 14.6 Å². The Bertz CT molecular complexity index is 1180. The van der Waals surface area contributed by atoms with E-state index in [2.05, 4.69) is 4.98 Å². The van der Waals surface area contributed by atoms with Crippen LogP contribution in [0.25, 0.3) is 22.4 Å². The van der Waals surface area contributed by atoms with Crippen LogP contribution in [-0.4, -0.2) is 36.3 Å².